The Kier molecular flexibility index (Phi) is 7.02. The molecule has 0 unspecified atom stereocenters. The fourth-order valence-corrected chi connectivity index (χ4v) is 3.40. The van der Waals surface area contributed by atoms with Crippen LogP contribution in [0.5, 0.6) is 17.4 Å². The molecular weight excluding hydrogens is 392 g/mol. The summed E-state index contributed by atoms with van der Waals surface area (Å²) >= 11 is 1.46. The Morgan fingerprint density at radius 1 is 1.10 bits per heavy atom. The van der Waals surface area contributed by atoms with Crippen LogP contribution < -0.4 is 14.2 Å². The van der Waals surface area contributed by atoms with E-state index >= 15 is 0 Å². The van der Waals surface area contributed by atoms with Crippen molar-refractivity contribution in [3.63, 3.8) is 0 Å². The first-order chi connectivity index (χ1) is 14.2. The van der Waals surface area contributed by atoms with Gasteiger partial charge in [0, 0.05) is 17.1 Å². The Balaban J connectivity index is 1.69. The summed E-state index contributed by atoms with van der Waals surface area (Å²) in [5, 5.41) is 2.66. The van der Waals surface area contributed by atoms with Gasteiger partial charge in [-0.25, -0.2) is 14.8 Å². The van der Waals surface area contributed by atoms with E-state index in [1.54, 1.807) is 25.4 Å². The Morgan fingerprint density at radius 3 is 2.69 bits per heavy atom. The molecule has 3 aromatic rings. The monoisotopic (exact) mass is 414 g/mol. The van der Waals surface area contributed by atoms with Crippen LogP contribution in [-0.4, -0.2) is 36.3 Å². The Labute approximate surface area is 173 Å². The lowest BCUT2D eigenvalue weighted by atomic mass is 10.2. The molecule has 0 amide bonds. The zero-order chi connectivity index (χ0) is 20.6. The standard InChI is InChI=1S/C21H22N2O5S/c1-4-26-17-9-8-14(11-18(17)25-3)20-23-15(13-29-20)12-28-21(24)16-7-6-10-22-19(16)27-5-2/h6-11,13H,4-5,12H2,1-3H3. The molecular formula is C21H22N2O5S. The number of methoxy groups -OCH3 is 1. The lowest BCUT2D eigenvalue weighted by Crippen LogP contribution is -2.09. The first-order valence-electron chi connectivity index (χ1n) is 9.16. The summed E-state index contributed by atoms with van der Waals surface area (Å²) in [4.78, 5) is 21.0. The summed E-state index contributed by atoms with van der Waals surface area (Å²) in [6.07, 6.45) is 1.57. The number of carbonyl (C=O) groups excluding carboxylic acids is 1. The maximum absolute atomic E-state index is 12.4. The fourth-order valence-electron chi connectivity index (χ4n) is 2.60. The van der Waals surface area contributed by atoms with Crippen LogP contribution >= 0.6 is 11.3 Å². The average Bonchev–Trinajstić information content (AvgIpc) is 3.22. The molecule has 0 aliphatic rings. The van der Waals surface area contributed by atoms with Gasteiger partial charge in [0.2, 0.25) is 5.88 Å². The molecule has 0 aliphatic heterocycles. The van der Waals surface area contributed by atoms with Crippen LogP contribution in [-0.2, 0) is 11.3 Å². The highest BCUT2D eigenvalue weighted by Gasteiger charge is 2.16. The predicted molar refractivity (Wildman–Crippen MR) is 110 cm³/mol. The second-order valence-electron chi connectivity index (χ2n) is 5.81. The highest BCUT2D eigenvalue weighted by molar-refractivity contribution is 7.13. The molecule has 0 bridgehead atoms. The molecule has 2 aromatic heterocycles. The molecule has 0 spiro atoms. The van der Waals surface area contributed by atoms with Crippen molar-refractivity contribution >= 4 is 17.3 Å². The Morgan fingerprint density at radius 2 is 1.93 bits per heavy atom. The minimum Gasteiger partial charge on any atom is -0.493 e. The molecule has 0 fully saturated rings. The summed E-state index contributed by atoms with van der Waals surface area (Å²) < 4.78 is 21.7. The summed E-state index contributed by atoms with van der Waals surface area (Å²) in [6.45, 7) is 4.79. The van der Waals surface area contributed by atoms with Crippen LogP contribution in [0.2, 0.25) is 0 Å². The Hall–Kier alpha value is -3.13. The van der Waals surface area contributed by atoms with Crippen LogP contribution in [0.15, 0.2) is 41.9 Å². The zero-order valence-corrected chi connectivity index (χ0v) is 17.3. The molecule has 0 N–H and O–H groups in total. The number of hydrogen-bond donors (Lipinski definition) is 0. The van der Waals surface area contributed by atoms with Crippen LogP contribution in [0.1, 0.15) is 29.9 Å². The molecule has 0 radical (unpaired) electrons. The first-order valence-corrected chi connectivity index (χ1v) is 10.0. The van der Waals surface area contributed by atoms with Crippen molar-refractivity contribution in [3.05, 3.63) is 53.2 Å². The van der Waals surface area contributed by atoms with Gasteiger partial charge in [-0.1, -0.05) is 0 Å². The second-order valence-corrected chi connectivity index (χ2v) is 6.67. The van der Waals surface area contributed by atoms with E-state index in [9.17, 15) is 4.79 Å². The molecule has 1 aromatic carbocycles. The number of ether oxygens (including phenoxy) is 4. The molecule has 0 atom stereocenters. The van der Waals surface area contributed by atoms with E-state index in [4.69, 9.17) is 18.9 Å². The number of nitrogens with zero attached hydrogens (tertiary/aromatic N) is 2. The van der Waals surface area contributed by atoms with Crippen molar-refractivity contribution in [2.75, 3.05) is 20.3 Å². The van der Waals surface area contributed by atoms with Crippen molar-refractivity contribution < 1.29 is 23.7 Å². The first kappa shape index (κ1) is 20.6. The molecule has 0 saturated carbocycles. The summed E-state index contributed by atoms with van der Waals surface area (Å²) in [6, 6.07) is 8.95. The molecule has 152 valence electrons. The van der Waals surface area contributed by atoms with E-state index in [-0.39, 0.29) is 12.5 Å². The lowest BCUT2D eigenvalue weighted by Gasteiger charge is -2.10. The number of carbonyl (C=O) groups is 1. The maximum atomic E-state index is 12.4. The van der Waals surface area contributed by atoms with Gasteiger partial charge in [-0.3, -0.25) is 0 Å². The molecule has 2 heterocycles. The molecule has 29 heavy (non-hydrogen) atoms. The zero-order valence-electron chi connectivity index (χ0n) is 16.5. The van der Waals surface area contributed by atoms with Crippen LogP contribution in [0, 0.1) is 0 Å². The summed E-state index contributed by atoms with van der Waals surface area (Å²) in [5.41, 5.74) is 1.85. The quantitative estimate of drug-likeness (QED) is 0.481. The number of esters is 1. The maximum Gasteiger partial charge on any atom is 0.344 e. The van der Waals surface area contributed by atoms with Crippen LogP contribution in [0.3, 0.4) is 0 Å². The molecule has 3 rings (SSSR count). The van der Waals surface area contributed by atoms with E-state index in [1.165, 1.54) is 11.3 Å². The number of aromatic nitrogens is 2. The molecule has 0 saturated heterocycles. The normalized spacial score (nSPS) is 10.4. The predicted octanol–water partition coefficient (Wildman–Crippen LogP) is 4.37. The topological polar surface area (TPSA) is 79.8 Å². The highest BCUT2D eigenvalue weighted by atomic mass is 32.1. The Bertz CT molecular complexity index is 973. The number of pyridine rings is 1. The van der Waals surface area contributed by atoms with E-state index in [1.807, 2.05) is 37.4 Å². The molecule has 8 heteroatoms. The number of benzene rings is 1. The minimum absolute atomic E-state index is 0.0595. The molecule has 0 aliphatic carbocycles. The largest absolute Gasteiger partial charge is 0.493 e. The van der Waals surface area contributed by atoms with E-state index < -0.39 is 5.97 Å². The third-order valence-electron chi connectivity index (χ3n) is 3.89. The van der Waals surface area contributed by atoms with Crippen LogP contribution in [0.4, 0.5) is 0 Å². The smallest absolute Gasteiger partial charge is 0.344 e. The van der Waals surface area contributed by atoms with Gasteiger partial charge in [0.1, 0.15) is 17.2 Å². The van der Waals surface area contributed by atoms with Crippen molar-refractivity contribution in [2.24, 2.45) is 0 Å². The number of rotatable bonds is 9. The SMILES string of the molecule is CCOc1ccc(-c2nc(COC(=O)c3cccnc3OCC)cs2)cc1OC. The third-order valence-corrected chi connectivity index (χ3v) is 4.83. The van der Waals surface area contributed by atoms with Crippen LogP contribution in [0.25, 0.3) is 10.6 Å². The average molecular weight is 414 g/mol. The number of thiazole rings is 1. The van der Waals surface area contributed by atoms with Crippen molar-refractivity contribution in [1.82, 2.24) is 9.97 Å². The van der Waals surface area contributed by atoms with Gasteiger partial charge in [-0.2, -0.15) is 0 Å². The second kappa shape index (κ2) is 9.88. The van der Waals surface area contributed by atoms with E-state index in [2.05, 4.69) is 9.97 Å². The third kappa shape index (κ3) is 5.03. The lowest BCUT2D eigenvalue weighted by molar-refractivity contribution is 0.0463. The fraction of sp³-hybridized carbons (Fsp3) is 0.286. The van der Waals surface area contributed by atoms with Gasteiger partial charge in [-0.05, 0) is 44.2 Å². The van der Waals surface area contributed by atoms with Gasteiger partial charge in [0.25, 0.3) is 0 Å². The van der Waals surface area contributed by atoms with Gasteiger partial charge in [0.15, 0.2) is 11.5 Å². The van der Waals surface area contributed by atoms with Crippen molar-refractivity contribution in [2.45, 2.75) is 20.5 Å². The number of hydrogen-bond acceptors (Lipinski definition) is 8. The van der Waals surface area contributed by atoms with Crippen molar-refractivity contribution in [1.29, 1.82) is 0 Å². The summed E-state index contributed by atoms with van der Waals surface area (Å²) in [7, 11) is 1.60. The van der Waals surface area contributed by atoms with Gasteiger partial charge in [0.05, 0.1) is 26.0 Å². The van der Waals surface area contributed by atoms with Gasteiger partial charge >= 0.3 is 5.97 Å². The highest BCUT2D eigenvalue weighted by Crippen LogP contribution is 2.34. The molecule has 7 nitrogen and oxygen atoms in total. The summed E-state index contributed by atoms with van der Waals surface area (Å²) in [5.74, 6) is 1.10. The van der Waals surface area contributed by atoms with Gasteiger partial charge in [-0.15, -0.1) is 11.3 Å². The van der Waals surface area contributed by atoms with E-state index in [0.29, 0.717) is 36.0 Å². The minimum atomic E-state index is -0.501. The van der Waals surface area contributed by atoms with E-state index in [0.717, 1.165) is 10.6 Å². The van der Waals surface area contributed by atoms with Gasteiger partial charge < -0.3 is 18.9 Å². The van der Waals surface area contributed by atoms with Crippen molar-refractivity contribution in [3.8, 4) is 28.0 Å².